The van der Waals surface area contributed by atoms with Crippen LogP contribution in [-0.2, 0) is 0 Å². The van der Waals surface area contributed by atoms with Crippen molar-refractivity contribution in [1.82, 2.24) is 9.80 Å². The SMILES string of the molecule is CCC(C)N1CCN(C(=O)c2cc(O)ccc2Cl)CC1. The van der Waals surface area contributed by atoms with Crippen molar-refractivity contribution in [3.8, 4) is 5.75 Å². The molecule has 0 saturated carbocycles. The van der Waals surface area contributed by atoms with Gasteiger partial charge in [-0.05, 0) is 31.5 Å². The number of piperazine rings is 1. The van der Waals surface area contributed by atoms with Gasteiger partial charge in [0, 0.05) is 32.2 Å². The van der Waals surface area contributed by atoms with Gasteiger partial charge >= 0.3 is 0 Å². The first-order chi connectivity index (χ1) is 9.52. The summed E-state index contributed by atoms with van der Waals surface area (Å²) in [4.78, 5) is 16.6. The van der Waals surface area contributed by atoms with Crippen molar-refractivity contribution >= 4 is 17.5 Å². The predicted octanol–water partition coefficient (Wildman–Crippen LogP) is 2.60. The summed E-state index contributed by atoms with van der Waals surface area (Å²) in [7, 11) is 0. The highest BCUT2D eigenvalue weighted by molar-refractivity contribution is 6.33. The number of hydrogen-bond acceptors (Lipinski definition) is 3. The normalized spacial score (nSPS) is 18.1. The van der Waals surface area contributed by atoms with Crippen LogP contribution >= 0.6 is 11.6 Å². The quantitative estimate of drug-likeness (QED) is 0.932. The minimum absolute atomic E-state index is 0.0657. The van der Waals surface area contributed by atoms with E-state index in [0.717, 1.165) is 19.5 Å². The van der Waals surface area contributed by atoms with Crippen molar-refractivity contribution < 1.29 is 9.90 Å². The smallest absolute Gasteiger partial charge is 0.255 e. The number of carbonyl (C=O) groups excluding carboxylic acids is 1. The molecule has 1 heterocycles. The zero-order valence-corrected chi connectivity index (χ0v) is 12.7. The van der Waals surface area contributed by atoms with E-state index < -0.39 is 0 Å². The number of hydrogen-bond donors (Lipinski definition) is 1. The summed E-state index contributed by atoms with van der Waals surface area (Å²) in [5, 5.41) is 9.88. The summed E-state index contributed by atoms with van der Waals surface area (Å²) in [6, 6.07) is 5.03. The summed E-state index contributed by atoms with van der Waals surface area (Å²) in [6.45, 7) is 7.57. The Hall–Kier alpha value is -1.26. The lowest BCUT2D eigenvalue weighted by Gasteiger charge is -2.37. The van der Waals surface area contributed by atoms with Crippen molar-refractivity contribution in [2.45, 2.75) is 26.3 Å². The Labute approximate surface area is 124 Å². The number of rotatable bonds is 3. The molecule has 1 N–H and O–H groups in total. The standard InChI is InChI=1S/C15H21ClN2O2/c1-3-11(2)17-6-8-18(9-7-17)15(20)13-10-12(19)4-5-14(13)16/h4-5,10-11,19H,3,6-9H2,1-2H3. The monoisotopic (exact) mass is 296 g/mol. The first-order valence-corrected chi connectivity index (χ1v) is 7.42. The molecule has 1 aromatic carbocycles. The molecule has 1 aliphatic heterocycles. The number of benzene rings is 1. The van der Waals surface area contributed by atoms with Crippen molar-refractivity contribution in [1.29, 1.82) is 0 Å². The van der Waals surface area contributed by atoms with Crippen LogP contribution in [0.15, 0.2) is 18.2 Å². The summed E-state index contributed by atoms with van der Waals surface area (Å²) in [6.07, 6.45) is 1.12. The van der Waals surface area contributed by atoms with Gasteiger partial charge in [-0.3, -0.25) is 9.69 Å². The molecule has 1 fully saturated rings. The lowest BCUT2D eigenvalue weighted by molar-refractivity contribution is 0.0579. The molecule has 2 rings (SSSR count). The third-order valence-electron chi connectivity index (χ3n) is 4.00. The molecule has 20 heavy (non-hydrogen) atoms. The molecule has 110 valence electrons. The molecule has 1 unspecified atom stereocenters. The van der Waals surface area contributed by atoms with Crippen molar-refractivity contribution in [3.05, 3.63) is 28.8 Å². The highest BCUT2D eigenvalue weighted by Gasteiger charge is 2.25. The molecule has 1 aliphatic rings. The summed E-state index contributed by atoms with van der Waals surface area (Å²) >= 11 is 6.04. The lowest BCUT2D eigenvalue weighted by atomic mass is 10.1. The minimum Gasteiger partial charge on any atom is -0.508 e. The van der Waals surface area contributed by atoms with E-state index >= 15 is 0 Å². The van der Waals surface area contributed by atoms with Gasteiger partial charge in [0.25, 0.3) is 5.91 Å². The Morgan fingerprint density at radius 1 is 1.35 bits per heavy atom. The van der Waals surface area contributed by atoms with E-state index in [2.05, 4.69) is 18.7 Å². The van der Waals surface area contributed by atoms with Crippen LogP contribution in [0.2, 0.25) is 5.02 Å². The lowest BCUT2D eigenvalue weighted by Crippen LogP contribution is -2.51. The maximum Gasteiger partial charge on any atom is 0.255 e. The van der Waals surface area contributed by atoms with Crippen molar-refractivity contribution in [2.24, 2.45) is 0 Å². The first kappa shape index (κ1) is 15.1. The van der Waals surface area contributed by atoms with Crippen molar-refractivity contribution in [2.75, 3.05) is 26.2 Å². The highest BCUT2D eigenvalue weighted by Crippen LogP contribution is 2.23. The maximum absolute atomic E-state index is 12.4. The largest absolute Gasteiger partial charge is 0.508 e. The molecule has 1 aromatic rings. The molecule has 0 radical (unpaired) electrons. The van der Waals surface area contributed by atoms with Gasteiger partial charge in [0.15, 0.2) is 0 Å². The second-order valence-corrected chi connectivity index (χ2v) is 5.66. The third-order valence-corrected chi connectivity index (χ3v) is 4.33. The van der Waals surface area contributed by atoms with E-state index in [4.69, 9.17) is 11.6 Å². The van der Waals surface area contributed by atoms with Crippen LogP contribution in [0.1, 0.15) is 30.6 Å². The maximum atomic E-state index is 12.4. The molecule has 4 nitrogen and oxygen atoms in total. The Kier molecular flexibility index (Phi) is 4.89. The molecule has 0 spiro atoms. The van der Waals surface area contributed by atoms with Gasteiger partial charge in [-0.2, -0.15) is 0 Å². The fourth-order valence-corrected chi connectivity index (χ4v) is 2.67. The molecule has 5 heteroatoms. The fraction of sp³-hybridized carbons (Fsp3) is 0.533. The van der Waals surface area contributed by atoms with Crippen LogP contribution < -0.4 is 0 Å². The van der Waals surface area contributed by atoms with Crippen molar-refractivity contribution in [3.63, 3.8) is 0 Å². The van der Waals surface area contributed by atoms with Gasteiger partial charge in [-0.25, -0.2) is 0 Å². The highest BCUT2D eigenvalue weighted by atomic mass is 35.5. The number of aromatic hydroxyl groups is 1. The minimum atomic E-state index is -0.102. The fourth-order valence-electron chi connectivity index (χ4n) is 2.47. The van der Waals surface area contributed by atoms with Crippen LogP contribution in [0, 0.1) is 0 Å². The Balaban J connectivity index is 2.03. The van der Waals surface area contributed by atoms with E-state index in [1.165, 1.54) is 12.1 Å². The Bertz CT molecular complexity index is 485. The zero-order valence-electron chi connectivity index (χ0n) is 12.0. The number of carbonyl (C=O) groups is 1. The van der Waals surface area contributed by atoms with E-state index in [-0.39, 0.29) is 11.7 Å². The first-order valence-electron chi connectivity index (χ1n) is 7.04. The van der Waals surface area contributed by atoms with Crippen LogP contribution in [0.4, 0.5) is 0 Å². The van der Waals surface area contributed by atoms with E-state index in [1.54, 1.807) is 11.0 Å². The number of phenols is 1. The molecule has 1 saturated heterocycles. The summed E-state index contributed by atoms with van der Waals surface area (Å²) < 4.78 is 0. The number of amides is 1. The molecule has 0 aromatic heterocycles. The van der Waals surface area contributed by atoms with Gasteiger partial charge in [-0.1, -0.05) is 18.5 Å². The Morgan fingerprint density at radius 3 is 2.60 bits per heavy atom. The van der Waals surface area contributed by atoms with Gasteiger partial charge < -0.3 is 10.0 Å². The summed E-state index contributed by atoms with van der Waals surface area (Å²) in [5.41, 5.74) is 0.378. The zero-order chi connectivity index (χ0) is 14.7. The second kappa shape index (κ2) is 6.46. The number of phenolic OH excluding ortho intramolecular Hbond substituents is 1. The molecule has 1 atom stereocenters. The average Bonchev–Trinajstić information content (AvgIpc) is 2.48. The number of halogens is 1. The van der Waals surface area contributed by atoms with Crippen LogP contribution in [0.3, 0.4) is 0 Å². The molecular formula is C15H21ClN2O2. The van der Waals surface area contributed by atoms with Gasteiger partial charge in [0.2, 0.25) is 0 Å². The molecule has 1 amide bonds. The second-order valence-electron chi connectivity index (χ2n) is 5.25. The van der Waals surface area contributed by atoms with E-state index in [9.17, 15) is 9.90 Å². The van der Waals surface area contributed by atoms with Crippen LogP contribution in [0.25, 0.3) is 0 Å². The third kappa shape index (κ3) is 3.25. The van der Waals surface area contributed by atoms with E-state index in [0.29, 0.717) is 29.7 Å². The topological polar surface area (TPSA) is 43.8 Å². The van der Waals surface area contributed by atoms with E-state index in [1.807, 2.05) is 0 Å². The van der Waals surface area contributed by atoms with Gasteiger partial charge in [0.05, 0.1) is 10.6 Å². The predicted molar refractivity (Wildman–Crippen MR) is 80.3 cm³/mol. The van der Waals surface area contributed by atoms with Crippen LogP contribution in [-0.4, -0.2) is 53.0 Å². The van der Waals surface area contributed by atoms with Gasteiger partial charge in [-0.15, -0.1) is 0 Å². The van der Waals surface area contributed by atoms with Gasteiger partial charge in [0.1, 0.15) is 5.75 Å². The molecule has 0 bridgehead atoms. The summed E-state index contributed by atoms with van der Waals surface area (Å²) in [5.74, 6) is -0.0364. The average molecular weight is 297 g/mol. The molecular weight excluding hydrogens is 276 g/mol. The Morgan fingerprint density at radius 2 is 2.00 bits per heavy atom. The van der Waals surface area contributed by atoms with Crippen LogP contribution in [0.5, 0.6) is 5.75 Å². The molecule has 0 aliphatic carbocycles. The number of nitrogens with zero attached hydrogens (tertiary/aromatic N) is 2.